The number of nitrogens with one attached hydrogen (secondary N) is 1. The van der Waals surface area contributed by atoms with Gasteiger partial charge in [0.2, 0.25) is 0 Å². The van der Waals surface area contributed by atoms with Gasteiger partial charge in [0.15, 0.2) is 5.82 Å². The van der Waals surface area contributed by atoms with E-state index in [1.807, 2.05) is 43.3 Å². The van der Waals surface area contributed by atoms with Crippen molar-refractivity contribution in [1.82, 2.24) is 15.1 Å². The maximum absolute atomic E-state index is 12.7. The molecule has 0 spiro atoms. The summed E-state index contributed by atoms with van der Waals surface area (Å²) in [6, 6.07) is 15.9. The Morgan fingerprint density at radius 1 is 0.906 bits per heavy atom. The fourth-order valence-electron chi connectivity index (χ4n) is 3.58. The van der Waals surface area contributed by atoms with E-state index in [0.717, 1.165) is 34.8 Å². The maximum atomic E-state index is 12.7. The Hall–Kier alpha value is -3.62. The highest BCUT2D eigenvalue weighted by molar-refractivity contribution is 5.89. The predicted molar refractivity (Wildman–Crippen MR) is 116 cm³/mol. The first-order valence-electron chi connectivity index (χ1n) is 10.2. The van der Waals surface area contributed by atoms with Gasteiger partial charge in [0, 0.05) is 37.4 Å². The summed E-state index contributed by atoms with van der Waals surface area (Å²) in [6.45, 7) is 4.12. The van der Waals surface area contributed by atoms with Crippen LogP contribution < -0.4 is 10.2 Å². The van der Waals surface area contributed by atoms with E-state index in [1.165, 1.54) is 12.1 Å². The minimum atomic E-state index is -4.40. The molecule has 6 nitrogen and oxygen atoms in total. The van der Waals surface area contributed by atoms with Gasteiger partial charge in [-0.05, 0) is 48.9 Å². The van der Waals surface area contributed by atoms with Crippen LogP contribution in [0.25, 0.3) is 11.3 Å². The number of aromatic nitrogens is 2. The Balaban J connectivity index is 1.33. The second kappa shape index (κ2) is 8.86. The van der Waals surface area contributed by atoms with Gasteiger partial charge in [0.25, 0.3) is 0 Å². The van der Waals surface area contributed by atoms with Crippen molar-refractivity contribution in [3.05, 3.63) is 71.8 Å². The van der Waals surface area contributed by atoms with Gasteiger partial charge in [-0.1, -0.05) is 24.3 Å². The Morgan fingerprint density at radius 3 is 2.19 bits per heavy atom. The highest BCUT2D eigenvalue weighted by Crippen LogP contribution is 2.30. The molecule has 166 valence electrons. The number of benzene rings is 2. The number of anilines is 2. The monoisotopic (exact) mass is 441 g/mol. The van der Waals surface area contributed by atoms with Gasteiger partial charge < -0.3 is 15.1 Å². The normalized spacial score (nSPS) is 14.4. The number of carbonyl (C=O) groups is 1. The van der Waals surface area contributed by atoms with Crippen LogP contribution in [0, 0.1) is 6.92 Å². The molecule has 9 heteroatoms. The van der Waals surface area contributed by atoms with Crippen LogP contribution in [0.4, 0.5) is 29.5 Å². The van der Waals surface area contributed by atoms with Crippen molar-refractivity contribution in [1.29, 1.82) is 0 Å². The fourth-order valence-corrected chi connectivity index (χ4v) is 3.58. The molecule has 1 aromatic heterocycles. The van der Waals surface area contributed by atoms with E-state index in [1.54, 1.807) is 4.90 Å². The van der Waals surface area contributed by atoms with Gasteiger partial charge in [-0.2, -0.15) is 13.2 Å². The molecule has 0 bridgehead atoms. The average Bonchev–Trinajstić information content (AvgIpc) is 2.79. The predicted octanol–water partition coefficient (Wildman–Crippen LogP) is 4.82. The SMILES string of the molecule is Cc1ccccc1-c1ccc(N2CCN(C(=O)Nc3ccc(C(F)(F)F)cc3)CC2)nn1. The summed E-state index contributed by atoms with van der Waals surface area (Å²) in [5, 5.41) is 11.4. The van der Waals surface area contributed by atoms with Crippen molar-refractivity contribution in [2.45, 2.75) is 13.1 Å². The van der Waals surface area contributed by atoms with Gasteiger partial charge in [-0.15, -0.1) is 10.2 Å². The fraction of sp³-hybridized carbons (Fsp3) is 0.261. The molecule has 4 rings (SSSR count). The number of carbonyl (C=O) groups excluding carboxylic acids is 1. The summed E-state index contributed by atoms with van der Waals surface area (Å²) in [7, 11) is 0. The van der Waals surface area contributed by atoms with E-state index in [-0.39, 0.29) is 6.03 Å². The number of urea groups is 1. The van der Waals surface area contributed by atoms with E-state index in [9.17, 15) is 18.0 Å². The van der Waals surface area contributed by atoms with Crippen molar-refractivity contribution >= 4 is 17.5 Å². The molecule has 0 aliphatic carbocycles. The topological polar surface area (TPSA) is 61.4 Å². The first-order valence-corrected chi connectivity index (χ1v) is 10.2. The minimum absolute atomic E-state index is 0.322. The number of piperazine rings is 1. The summed E-state index contributed by atoms with van der Waals surface area (Å²) in [5.74, 6) is 0.741. The zero-order chi connectivity index (χ0) is 22.7. The summed E-state index contributed by atoms with van der Waals surface area (Å²) in [4.78, 5) is 16.2. The molecule has 0 unspecified atom stereocenters. The molecule has 1 aliphatic heterocycles. The summed E-state index contributed by atoms with van der Waals surface area (Å²) < 4.78 is 38.0. The molecule has 1 saturated heterocycles. The smallest absolute Gasteiger partial charge is 0.352 e. The van der Waals surface area contributed by atoms with Crippen LogP contribution in [0.1, 0.15) is 11.1 Å². The highest BCUT2D eigenvalue weighted by atomic mass is 19.4. The Morgan fingerprint density at radius 2 is 1.59 bits per heavy atom. The molecule has 2 aromatic carbocycles. The molecule has 1 fully saturated rings. The number of aryl methyl sites for hydroxylation is 1. The number of hydrogen-bond donors (Lipinski definition) is 1. The van der Waals surface area contributed by atoms with E-state index in [4.69, 9.17) is 0 Å². The molecule has 3 aromatic rings. The number of amides is 2. The van der Waals surface area contributed by atoms with Crippen molar-refractivity contribution in [3.63, 3.8) is 0 Å². The third kappa shape index (κ3) is 4.82. The van der Waals surface area contributed by atoms with E-state index < -0.39 is 11.7 Å². The summed E-state index contributed by atoms with van der Waals surface area (Å²) in [5.41, 5.74) is 2.54. The number of rotatable bonds is 3. The largest absolute Gasteiger partial charge is 0.416 e. The Labute approximate surface area is 183 Å². The molecule has 0 saturated carbocycles. The summed E-state index contributed by atoms with van der Waals surface area (Å²) >= 11 is 0. The number of nitrogens with zero attached hydrogens (tertiary/aromatic N) is 4. The van der Waals surface area contributed by atoms with Crippen LogP contribution in [0.5, 0.6) is 0 Å². The van der Waals surface area contributed by atoms with Crippen molar-refractivity contribution < 1.29 is 18.0 Å². The molecule has 1 aliphatic rings. The van der Waals surface area contributed by atoms with Gasteiger partial charge in [-0.3, -0.25) is 0 Å². The molecular formula is C23H22F3N5O. The van der Waals surface area contributed by atoms with Gasteiger partial charge in [-0.25, -0.2) is 4.79 Å². The lowest BCUT2D eigenvalue weighted by Crippen LogP contribution is -2.50. The van der Waals surface area contributed by atoms with Crippen LogP contribution >= 0.6 is 0 Å². The lowest BCUT2D eigenvalue weighted by molar-refractivity contribution is -0.137. The maximum Gasteiger partial charge on any atom is 0.416 e. The quantitative estimate of drug-likeness (QED) is 0.633. The summed E-state index contributed by atoms with van der Waals surface area (Å²) in [6.07, 6.45) is -4.40. The van der Waals surface area contributed by atoms with Crippen LogP contribution in [0.2, 0.25) is 0 Å². The zero-order valence-corrected chi connectivity index (χ0v) is 17.4. The molecule has 2 amide bonds. The number of halogens is 3. The Bertz CT molecular complexity index is 1080. The van der Waals surface area contributed by atoms with Gasteiger partial charge in [0.1, 0.15) is 0 Å². The molecule has 0 radical (unpaired) electrons. The van der Waals surface area contributed by atoms with E-state index in [2.05, 4.69) is 20.4 Å². The third-order valence-corrected chi connectivity index (χ3v) is 5.43. The lowest BCUT2D eigenvalue weighted by atomic mass is 10.1. The molecule has 0 atom stereocenters. The highest BCUT2D eigenvalue weighted by Gasteiger charge is 2.30. The second-order valence-electron chi connectivity index (χ2n) is 7.57. The van der Waals surface area contributed by atoms with Crippen molar-refractivity contribution in [3.8, 4) is 11.3 Å². The van der Waals surface area contributed by atoms with E-state index >= 15 is 0 Å². The molecule has 32 heavy (non-hydrogen) atoms. The van der Waals surface area contributed by atoms with Crippen LogP contribution in [-0.4, -0.2) is 47.3 Å². The van der Waals surface area contributed by atoms with Crippen LogP contribution in [0.3, 0.4) is 0 Å². The standard InChI is InChI=1S/C23H22F3N5O/c1-16-4-2-3-5-19(16)20-10-11-21(29-28-20)30-12-14-31(15-13-30)22(32)27-18-8-6-17(7-9-18)23(24,25)26/h2-11H,12-15H2,1H3,(H,27,32). The number of alkyl halides is 3. The minimum Gasteiger partial charge on any atom is -0.352 e. The average molecular weight is 441 g/mol. The van der Waals surface area contributed by atoms with Crippen molar-refractivity contribution in [2.24, 2.45) is 0 Å². The van der Waals surface area contributed by atoms with Crippen molar-refractivity contribution in [2.75, 3.05) is 36.4 Å². The van der Waals surface area contributed by atoms with E-state index in [0.29, 0.717) is 31.9 Å². The molecule has 1 N–H and O–H groups in total. The van der Waals surface area contributed by atoms with Gasteiger partial charge >= 0.3 is 12.2 Å². The number of hydrogen-bond acceptors (Lipinski definition) is 4. The third-order valence-electron chi connectivity index (χ3n) is 5.43. The van der Waals surface area contributed by atoms with Crippen LogP contribution in [0.15, 0.2) is 60.7 Å². The lowest BCUT2D eigenvalue weighted by Gasteiger charge is -2.35. The molecule has 2 heterocycles. The second-order valence-corrected chi connectivity index (χ2v) is 7.57. The first kappa shape index (κ1) is 21.6. The van der Waals surface area contributed by atoms with Gasteiger partial charge in [0.05, 0.1) is 11.3 Å². The first-order chi connectivity index (χ1) is 15.3. The zero-order valence-electron chi connectivity index (χ0n) is 17.4. The van der Waals surface area contributed by atoms with Crippen LogP contribution in [-0.2, 0) is 6.18 Å². The Kier molecular flexibility index (Phi) is 5.98. The molecular weight excluding hydrogens is 419 g/mol.